The van der Waals surface area contributed by atoms with Crippen molar-refractivity contribution in [3.8, 4) is 0 Å². The molecule has 70 valence electrons. The van der Waals surface area contributed by atoms with Crippen molar-refractivity contribution >= 4 is 12.1 Å². The first-order valence-electron chi connectivity index (χ1n) is 3.53. The Hall–Kier alpha value is -1.26. The molecular formula is C7H12O5. The van der Waals surface area contributed by atoms with E-state index in [4.69, 9.17) is 0 Å². The molecule has 5 heteroatoms. The fourth-order valence-corrected chi connectivity index (χ4v) is 0.510. The molecule has 0 aliphatic rings. The summed E-state index contributed by atoms with van der Waals surface area (Å²) in [6.45, 7) is 3.26. The Morgan fingerprint density at radius 1 is 1.42 bits per heavy atom. The number of hydrogen-bond acceptors (Lipinski definition) is 5. The van der Waals surface area contributed by atoms with Crippen LogP contribution in [0.25, 0.3) is 0 Å². The fraction of sp³-hybridized carbons (Fsp3) is 0.714. The van der Waals surface area contributed by atoms with Crippen molar-refractivity contribution in [2.45, 2.75) is 20.0 Å². The molecule has 0 aliphatic heterocycles. The van der Waals surface area contributed by atoms with Crippen LogP contribution in [0.4, 0.5) is 4.79 Å². The maximum atomic E-state index is 10.7. The Bertz CT molecular complexity index is 165. The van der Waals surface area contributed by atoms with E-state index < -0.39 is 18.2 Å². The number of ether oxygens (including phenoxy) is 3. The van der Waals surface area contributed by atoms with Crippen LogP contribution < -0.4 is 0 Å². The first-order chi connectivity index (χ1) is 5.61. The van der Waals surface area contributed by atoms with Gasteiger partial charge in [0, 0.05) is 0 Å². The zero-order chi connectivity index (χ0) is 9.56. The average molecular weight is 176 g/mol. The molecule has 0 amide bonds. The van der Waals surface area contributed by atoms with Crippen LogP contribution in [0, 0.1) is 0 Å². The molecule has 0 aliphatic carbocycles. The minimum Gasteiger partial charge on any atom is -0.466 e. The standard InChI is InChI=1S/C7H12O5/c1-4-11-7(9)12-5(2)6(8)10-3/h5H,4H2,1-3H3/t5-/m1/s1. The number of rotatable bonds is 3. The molecule has 0 rings (SSSR count). The van der Waals surface area contributed by atoms with Crippen molar-refractivity contribution < 1.29 is 23.8 Å². The van der Waals surface area contributed by atoms with Gasteiger partial charge < -0.3 is 14.2 Å². The second-order valence-electron chi connectivity index (χ2n) is 1.97. The Morgan fingerprint density at radius 3 is 2.42 bits per heavy atom. The lowest BCUT2D eigenvalue weighted by Crippen LogP contribution is -2.25. The van der Waals surface area contributed by atoms with Crippen LogP contribution in [-0.4, -0.2) is 31.9 Å². The molecule has 5 nitrogen and oxygen atoms in total. The molecule has 1 atom stereocenters. The maximum Gasteiger partial charge on any atom is 0.509 e. The van der Waals surface area contributed by atoms with Gasteiger partial charge in [0.15, 0.2) is 6.10 Å². The Kier molecular flexibility index (Phi) is 4.83. The highest BCUT2D eigenvalue weighted by Gasteiger charge is 2.18. The summed E-state index contributed by atoms with van der Waals surface area (Å²) >= 11 is 0. The van der Waals surface area contributed by atoms with Crippen LogP contribution in [0.15, 0.2) is 0 Å². The van der Waals surface area contributed by atoms with E-state index in [-0.39, 0.29) is 6.61 Å². The number of methoxy groups -OCH3 is 1. The van der Waals surface area contributed by atoms with E-state index in [1.807, 2.05) is 0 Å². The van der Waals surface area contributed by atoms with Gasteiger partial charge in [-0.15, -0.1) is 0 Å². The largest absolute Gasteiger partial charge is 0.509 e. The summed E-state index contributed by atoms with van der Waals surface area (Å²) in [7, 11) is 1.22. The highest BCUT2D eigenvalue weighted by Crippen LogP contribution is 1.96. The zero-order valence-electron chi connectivity index (χ0n) is 7.33. The normalized spacial score (nSPS) is 11.6. The number of carbonyl (C=O) groups is 2. The number of carbonyl (C=O) groups excluding carboxylic acids is 2. The van der Waals surface area contributed by atoms with Gasteiger partial charge in [-0.1, -0.05) is 0 Å². The van der Waals surface area contributed by atoms with Crippen molar-refractivity contribution in [2.75, 3.05) is 13.7 Å². The smallest absolute Gasteiger partial charge is 0.466 e. The van der Waals surface area contributed by atoms with Gasteiger partial charge in [-0.05, 0) is 13.8 Å². The van der Waals surface area contributed by atoms with Crippen molar-refractivity contribution in [3.63, 3.8) is 0 Å². The van der Waals surface area contributed by atoms with E-state index >= 15 is 0 Å². The molecule has 0 bridgehead atoms. The predicted octanol–water partition coefficient (Wildman–Crippen LogP) is 0.721. The summed E-state index contributed by atoms with van der Waals surface area (Å²) in [5.41, 5.74) is 0. The average Bonchev–Trinajstić information content (AvgIpc) is 2.03. The monoisotopic (exact) mass is 176 g/mol. The summed E-state index contributed by atoms with van der Waals surface area (Å²) in [6.07, 6.45) is -1.79. The van der Waals surface area contributed by atoms with Gasteiger partial charge in [-0.3, -0.25) is 0 Å². The van der Waals surface area contributed by atoms with E-state index in [0.717, 1.165) is 0 Å². The molecule has 0 fully saturated rings. The van der Waals surface area contributed by atoms with Gasteiger partial charge in [0.25, 0.3) is 0 Å². The molecule has 0 saturated carbocycles. The Labute approximate surface area is 70.6 Å². The molecule has 0 N–H and O–H groups in total. The van der Waals surface area contributed by atoms with E-state index in [0.29, 0.717) is 0 Å². The molecule has 0 heterocycles. The third-order valence-electron chi connectivity index (χ3n) is 1.07. The van der Waals surface area contributed by atoms with Crippen molar-refractivity contribution in [3.05, 3.63) is 0 Å². The van der Waals surface area contributed by atoms with Gasteiger partial charge in [-0.2, -0.15) is 0 Å². The quantitative estimate of drug-likeness (QED) is 0.593. The minimum atomic E-state index is -0.922. The minimum absolute atomic E-state index is 0.215. The lowest BCUT2D eigenvalue weighted by atomic mass is 10.4. The second-order valence-corrected chi connectivity index (χ2v) is 1.97. The SMILES string of the molecule is CCOC(=O)O[C@H](C)C(=O)OC. The van der Waals surface area contributed by atoms with Gasteiger partial charge >= 0.3 is 12.1 Å². The lowest BCUT2D eigenvalue weighted by Gasteiger charge is -2.09. The van der Waals surface area contributed by atoms with Crippen LogP contribution in [0.2, 0.25) is 0 Å². The van der Waals surface area contributed by atoms with E-state index in [9.17, 15) is 9.59 Å². The number of hydrogen-bond donors (Lipinski definition) is 0. The molecule has 0 spiro atoms. The molecule has 0 saturated heterocycles. The van der Waals surface area contributed by atoms with Gasteiger partial charge in [-0.25, -0.2) is 9.59 Å². The fourth-order valence-electron chi connectivity index (χ4n) is 0.510. The molecule has 0 aromatic heterocycles. The van der Waals surface area contributed by atoms with Crippen LogP contribution in [-0.2, 0) is 19.0 Å². The van der Waals surface area contributed by atoms with Crippen LogP contribution in [0.1, 0.15) is 13.8 Å². The summed E-state index contributed by atoms with van der Waals surface area (Å²) in [4.78, 5) is 21.3. The van der Waals surface area contributed by atoms with E-state index in [2.05, 4.69) is 14.2 Å². The number of esters is 1. The third kappa shape index (κ3) is 3.80. The summed E-state index contributed by atoms with van der Waals surface area (Å²) in [5, 5.41) is 0. The van der Waals surface area contributed by atoms with Crippen LogP contribution in [0.3, 0.4) is 0 Å². The molecule has 0 aromatic rings. The molecule has 0 aromatic carbocycles. The highest BCUT2D eigenvalue weighted by molar-refractivity contribution is 5.76. The topological polar surface area (TPSA) is 61.8 Å². The zero-order valence-corrected chi connectivity index (χ0v) is 7.33. The predicted molar refractivity (Wildman–Crippen MR) is 39.6 cm³/mol. The van der Waals surface area contributed by atoms with Crippen molar-refractivity contribution in [2.24, 2.45) is 0 Å². The van der Waals surface area contributed by atoms with Crippen LogP contribution in [0.5, 0.6) is 0 Å². The highest BCUT2D eigenvalue weighted by atomic mass is 16.7. The lowest BCUT2D eigenvalue weighted by molar-refractivity contribution is -0.150. The van der Waals surface area contributed by atoms with Crippen LogP contribution >= 0.6 is 0 Å². The first kappa shape index (κ1) is 10.7. The molecule has 0 radical (unpaired) electrons. The van der Waals surface area contributed by atoms with E-state index in [1.54, 1.807) is 6.92 Å². The Morgan fingerprint density at radius 2 is 2.00 bits per heavy atom. The third-order valence-corrected chi connectivity index (χ3v) is 1.07. The van der Waals surface area contributed by atoms with E-state index in [1.165, 1.54) is 14.0 Å². The summed E-state index contributed by atoms with van der Waals surface area (Å²) < 4.78 is 13.3. The maximum absolute atomic E-state index is 10.7. The first-order valence-corrected chi connectivity index (χ1v) is 3.53. The van der Waals surface area contributed by atoms with Gasteiger partial charge in [0.1, 0.15) is 0 Å². The van der Waals surface area contributed by atoms with Gasteiger partial charge in [0.05, 0.1) is 13.7 Å². The van der Waals surface area contributed by atoms with Gasteiger partial charge in [0.2, 0.25) is 0 Å². The Balaban J connectivity index is 3.75. The second kappa shape index (κ2) is 5.40. The molecular weight excluding hydrogens is 164 g/mol. The summed E-state index contributed by atoms with van der Waals surface area (Å²) in [6, 6.07) is 0. The van der Waals surface area contributed by atoms with Crippen molar-refractivity contribution in [1.29, 1.82) is 0 Å². The molecule has 12 heavy (non-hydrogen) atoms. The summed E-state index contributed by atoms with van der Waals surface area (Å²) in [5.74, 6) is -0.608. The van der Waals surface area contributed by atoms with Crippen molar-refractivity contribution in [1.82, 2.24) is 0 Å². The molecule has 0 unspecified atom stereocenters.